The summed E-state index contributed by atoms with van der Waals surface area (Å²) in [7, 11) is 3.18. The molecule has 22 heavy (non-hydrogen) atoms. The topological polar surface area (TPSA) is 38.7 Å². The van der Waals surface area contributed by atoms with Crippen molar-refractivity contribution in [2.24, 2.45) is 0 Å². The minimum atomic E-state index is -1.13. The summed E-state index contributed by atoms with van der Waals surface area (Å²) in [6.45, 7) is 4.02. The lowest BCUT2D eigenvalue weighted by Gasteiger charge is -2.43. The zero-order valence-corrected chi connectivity index (χ0v) is 14.6. The third-order valence-electron chi connectivity index (χ3n) is 4.45. The number of hydrogen-bond donors (Lipinski definition) is 1. The third kappa shape index (κ3) is 4.55. The van der Waals surface area contributed by atoms with Gasteiger partial charge in [-0.2, -0.15) is 0 Å². The van der Waals surface area contributed by atoms with E-state index in [9.17, 15) is 5.11 Å². The zero-order chi connectivity index (χ0) is 16.5. The van der Waals surface area contributed by atoms with E-state index in [1.54, 1.807) is 21.1 Å². The smallest absolute Gasteiger partial charge is 0.223 e. The molecular formula is C19H32O3. The molecule has 0 bridgehead atoms. The molecule has 0 saturated heterocycles. The van der Waals surface area contributed by atoms with Crippen molar-refractivity contribution in [1.82, 2.24) is 0 Å². The molecule has 3 heteroatoms. The second-order valence-electron chi connectivity index (χ2n) is 6.18. The largest absolute Gasteiger partial charge is 0.384 e. The highest BCUT2D eigenvalue weighted by Gasteiger charge is 2.49. The molecule has 1 atom stereocenters. The van der Waals surface area contributed by atoms with Gasteiger partial charge in [-0.05, 0) is 13.3 Å². The van der Waals surface area contributed by atoms with Crippen molar-refractivity contribution < 1.29 is 14.6 Å². The highest BCUT2D eigenvalue weighted by Crippen LogP contribution is 2.40. The summed E-state index contributed by atoms with van der Waals surface area (Å²) in [4.78, 5) is 0. The molecule has 0 radical (unpaired) electrons. The predicted octanol–water partition coefficient (Wildman–Crippen LogP) is 4.63. The maximum atomic E-state index is 11.0. The van der Waals surface area contributed by atoms with Crippen LogP contribution in [0.1, 0.15) is 64.4 Å². The summed E-state index contributed by atoms with van der Waals surface area (Å²) in [5.74, 6) is -1.13. The van der Waals surface area contributed by atoms with E-state index in [-0.39, 0.29) is 0 Å². The molecule has 0 heterocycles. The van der Waals surface area contributed by atoms with Crippen LogP contribution in [0.25, 0.3) is 0 Å². The van der Waals surface area contributed by atoms with Gasteiger partial charge in [0.15, 0.2) is 0 Å². The Labute approximate surface area is 135 Å². The number of unbranched alkanes of at least 4 members (excludes halogenated alkanes) is 5. The number of ether oxygens (including phenoxy) is 2. The standard InChI is InChI=1S/C19H32O3/c1-5-6-7-8-9-13-16-18(2,20)19(21-3,22-4)17-14-11-10-12-15-17/h10-12,14-15,20H,5-9,13,16H2,1-4H3. The van der Waals surface area contributed by atoms with Gasteiger partial charge in [0.05, 0.1) is 0 Å². The van der Waals surface area contributed by atoms with E-state index in [4.69, 9.17) is 9.47 Å². The van der Waals surface area contributed by atoms with E-state index in [0.717, 1.165) is 18.4 Å². The fourth-order valence-electron chi connectivity index (χ4n) is 3.14. The zero-order valence-electron chi connectivity index (χ0n) is 14.6. The molecule has 1 unspecified atom stereocenters. The maximum Gasteiger partial charge on any atom is 0.223 e. The second-order valence-corrected chi connectivity index (χ2v) is 6.18. The lowest BCUT2D eigenvalue weighted by Crippen LogP contribution is -2.52. The van der Waals surface area contributed by atoms with Crippen LogP contribution < -0.4 is 0 Å². The fraction of sp³-hybridized carbons (Fsp3) is 0.684. The molecule has 1 N–H and O–H groups in total. The molecule has 0 aliphatic heterocycles. The summed E-state index contributed by atoms with van der Waals surface area (Å²) in [5.41, 5.74) is -0.237. The normalized spacial score (nSPS) is 14.8. The van der Waals surface area contributed by atoms with Crippen LogP contribution in [-0.2, 0) is 15.3 Å². The van der Waals surface area contributed by atoms with Gasteiger partial charge in [0.1, 0.15) is 5.60 Å². The van der Waals surface area contributed by atoms with Gasteiger partial charge in [0, 0.05) is 19.8 Å². The number of methoxy groups -OCH3 is 2. The number of aliphatic hydroxyl groups is 1. The van der Waals surface area contributed by atoms with Crippen LogP contribution in [0, 0.1) is 0 Å². The Morgan fingerprint density at radius 1 is 0.909 bits per heavy atom. The summed E-state index contributed by atoms with van der Waals surface area (Å²) >= 11 is 0. The van der Waals surface area contributed by atoms with Crippen molar-refractivity contribution in [1.29, 1.82) is 0 Å². The van der Waals surface area contributed by atoms with Gasteiger partial charge in [-0.25, -0.2) is 0 Å². The first kappa shape index (κ1) is 19.1. The quantitative estimate of drug-likeness (QED) is 0.478. The molecule has 3 nitrogen and oxygen atoms in total. The third-order valence-corrected chi connectivity index (χ3v) is 4.45. The van der Waals surface area contributed by atoms with Gasteiger partial charge >= 0.3 is 0 Å². The monoisotopic (exact) mass is 308 g/mol. The Morgan fingerprint density at radius 2 is 1.45 bits per heavy atom. The van der Waals surface area contributed by atoms with E-state index in [1.165, 1.54) is 25.7 Å². The number of benzene rings is 1. The Morgan fingerprint density at radius 3 is 2.00 bits per heavy atom. The average molecular weight is 308 g/mol. The van der Waals surface area contributed by atoms with Gasteiger partial charge in [0.25, 0.3) is 0 Å². The van der Waals surface area contributed by atoms with Crippen molar-refractivity contribution in [2.75, 3.05) is 14.2 Å². The molecule has 1 rings (SSSR count). The molecule has 0 aromatic heterocycles. The Balaban J connectivity index is 2.72. The molecule has 0 spiro atoms. The van der Waals surface area contributed by atoms with Gasteiger partial charge in [-0.15, -0.1) is 0 Å². The minimum Gasteiger partial charge on any atom is -0.384 e. The molecule has 1 aromatic rings. The molecule has 0 aliphatic carbocycles. The molecule has 126 valence electrons. The minimum absolute atomic E-state index is 0.649. The molecule has 0 amide bonds. The van der Waals surface area contributed by atoms with Crippen LogP contribution >= 0.6 is 0 Å². The Hall–Kier alpha value is -0.900. The molecule has 0 saturated carbocycles. The first-order valence-electron chi connectivity index (χ1n) is 8.42. The number of hydrogen-bond acceptors (Lipinski definition) is 3. The van der Waals surface area contributed by atoms with Gasteiger partial charge in [-0.3, -0.25) is 0 Å². The summed E-state index contributed by atoms with van der Waals surface area (Å²) in [5, 5.41) is 11.0. The SMILES string of the molecule is CCCCCCCCC(C)(O)C(OC)(OC)c1ccccc1. The van der Waals surface area contributed by atoms with Crippen molar-refractivity contribution in [3.05, 3.63) is 35.9 Å². The van der Waals surface area contributed by atoms with E-state index in [2.05, 4.69) is 6.92 Å². The fourth-order valence-corrected chi connectivity index (χ4v) is 3.14. The highest BCUT2D eigenvalue weighted by molar-refractivity contribution is 5.23. The molecule has 1 aromatic carbocycles. The van der Waals surface area contributed by atoms with Crippen LogP contribution in [0.4, 0.5) is 0 Å². The molecule has 0 fully saturated rings. The van der Waals surface area contributed by atoms with Crippen LogP contribution in [0.15, 0.2) is 30.3 Å². The Kier molecular flexibility index (Phi) is 8.08. The van der Waals surface area contributed by atoms with Crippen molar-refractivity contribution >= 4 is 0 Å². The van der Waals surface area contributed by atoms with Crippen LogP contribution in [0.3, 0.4) is 0 Å². The van der Waals surface area contributed by atoms with Crippen molar-refractivity contribution in [2.45, 2.75) is 70.2 Å². The Bertz CT molecular complexity index is 396. The van der Waals surface area contributed by atoms with Gasteiger partial charge < -0.3 is 14.6 Å². The van der Waals surface area contributed by atoms with Gasteiger partial charge in [-0.1, -0.05) is 75.8 Å². The van der Waals surface area contributed by atoms with E-state index < -0.39 is 11.4 Å². The van der Waals surface area contributed by atoms with Crippen LogP contribution in [-0.4, -0.2) is 24.9 Å². The lowest BCUT2D eigenvalue weighted by molar-refractivity contribution is -0.308. The maximum absolute atomic E-state index is 11.0. The summed E-state index contributed by atoms with van der Waals surface area (Å²) in [6, 6.07) is 9.68. The number of rotatable bonds is 11. The van der Waals surface area contributed by atoms with E-state index in [0.29, 0.717) is 6.42 Å². The molecule has 0 aliphatic rings. The van der Waals surface area contributed by atoms with E-state index >= 15 is 0 Å². The van der Waals surface area contributed by atoms with Crippen molar-refractivity contribution in [3.63, 3.8) is 0 Å². The van der Waals surface area contributed by atoms with E-state index in [1.807, 2.05) is 30.3 Å². The second kappa shape index (κ2) is 9.29. The average Bonchev–Trinajstić information content (AvgIpc) is 2.53. The molecular weight excluding hydrogens is 276 g/mol. The summed E-state index contributed by atoms with van der Waals surface area (Å²) < 4.78 is 11.3. The lowest BCUT2D eigenvalue weighted by atomic mass is 9.84. The summed E-state index contributed by atoms with van der Waals surface area (Å²) in [6.07, 6.45) is 7.80. The highest BCUT2D eigenvalue weighted by atomic mass is 16.7. The first-order valence-corrected chi connectivity index (χ1v) is 8.42. The van der Waals surface area contributed by atoms with Crippen LogP contribution in [0.2, 0.25) is 0 Å². The van der Waals surface area contributed by atoms with Crippen molar-refractivity contribution in [3.8, 4) is 0 Å². The van der Waals surface area contributed by atoms with Crippen LogP contribution in [0.5, 0.6) is 0 Å². The predicted molar refractivity (Wildman–Crippen MR) is 90.8 cm³/mol. The first-order chi connectivity index (χ1) is 10.5. The van der Waals surface area contributed by atoms with Gasteiger partial charge in [0.2, 0.25) is 5.79 Å².